The third kappa shape index (κ3) is 3.50. The molecule has 0 radical (unpaired) electrons. The molecule has 1 saturated heterocycles. The summed E-state index contributed by atoms with van der Waals surface area (Å²) in [6, 6.07) is 15.8. The standard InChI is InChI=1S/C19H21ClN2O/c1-2-14-9-11-15(12-10-14)21-19(23)22-13-5-8-18(22)16-6-3-4-7-17(16)20/h3-4,6-7,9-12,18H,2,5,8,13H2,1H3,(H,21,23)/t18-/m1/s1. The van der Waals surface area contributed by atoms with Gasteiger partial charge in [-0.05, 0) is 48.6 Å². The fourth-order valence-corrected chi connectivity index (χ4v) is 3.36. The summed E-state index contributed by atoms with van der Waals surface area (Å²) in [5.74, 6) is 0. The quantitative estimate of drug-likeness (QED) is 0.817. The minimum absolute atomic E-state index is 0.0543. The van der Waals surface area contributed by atoms with Crippen LogP contribution in [0.1, 0.15) is 36.9 Å². The normalized spacial score (nSPS) is 17.3. The largest absolute Gasteiger partial charge is 0.322 e. The van der Waals surface area contributed by atoms with Crippen molar-refractivity contribution in [3.05, 3.63) is 64.7 Å². The van der Waals surface area contributed by atoms with Crippen LogP contribution in [-0.2, 0) is 6.42 Å². The van der Waals surface area contributed by atoms with Gasteiger partial charge in [-0.25, -0.2) is 4.79 Å². The number of aryl methyl sites for hydroxylation is 1. The molecule has 2 amide bonds. The first kappa shape index (κ1) is 15.9. The highest BCUT2D eigenvalue weighted by atomic mass is 35.5. The molecule has 3 nitrogen and oxygen atoms in total. The number of likely N-dealkylation sites (tertiary alicyclic amines) is 1. The average Bonchev–Trinajstić information content (AvgIpc) is 3.05. The minimum atomic E-state index is -0.0586. The van der Waals surface area contributed by atoms with Crippen LogP contribution in [0.15, 0.2) is 48.5 Å². The van der Waals surface area contributed by atoms with Crippen molar-refractivity contribution >= 4 is 23.3 Å². The summed E-state index contributed by atoms with van der Waals surface area (Å²) in [6.07, 6.45) is 2.94. The first-order chi connectivity index (χ1) is 11.2. The smallest absolute Gasteiger partial charge is 0.317 e. The van der Waals surface area contributed by atoms with Crippen LogP contribution in [-0.4, -0.2) is 17.5 Å². The van der Waals surface area contributed by atoms with Gasteiger partial charge in [0.15, 0.2) is 0 Å². The van der Waals surface area contributed by atoms with Crippen molar-refractivity contribution in [2.24, 2.45) is 0 Å². The summed E-state index contributed by atoms with van der Waals surface area (Å²) in [4.78, 5) is 14.5. The van der Waals surface area contributed by atoms with Gasteiger partial charge >= 0.3 is 6.03 Å². The van der Waals surface area contributed by atoms with Crippen molar-refractivity contribution in [1.82, 2.24) is 4.90 Å². The van der Waals surface area contributed by atoms with Gasteiger partial charge in [0.2, 0.25) is 0 Å². The number of amides is 2. The Morgan fingerprint density at radius 1 is 1.22 bits per heavy atom. The number of benzene rings is 2. The van der Waals surface area contributed by atoms with E-state index in [0.29, 0.717) is 0 Å². The molecule has 1 heterocycles. The molecular formula is C19H21ClN2O. The Balaban J connectivity index is 1.74. The van der Waals surface area contributed by atoms with Gasteiger partial charge in [-0.15, -0.1) is 0 Å². The Labute approximate surface area is 142 Å². The van der Waals surface area contributed by atoms with Crippen molar-refractivity contribution < 1.29 is 4.79 Å². The number of anilines is 1. The zero-order valence-electron chi connectivity index (χ0n) is 13.3. The van der Waals surface area contributed by atoms with Crippen LogP contribution in [0.4, 0.5) is 10.5 Å². The fourth-order valence-electron chi connectivity index (χ4n) is 3.10. The molecule has 1 aliphatic heterocycles. The van der Waals surface area contributed by atoms with Crippen molar-refractivity contribution in [2.75, 3.05) is 11.9 Å². The maximum absolute atomic E-state index is 12.6. The molecule has 1 aliphatic rings. The van der Waals surface area contributed by atoms with E-state index in [-0.39, 0.29) is 12.1 Å². The first-order valence-corrected chi connectivity index (χ1v) is 8.48. The van der Waals surface area contributed by atoms with Crippen LogP contribution in [0.25, 0.3) is 0 Å². The van der Waals surface area contributed by atoms with Gasteiger partial charge < -0.3 is 10.2 Å². The molecule has 0 unspecified atom stereocenters. The molecule has 4 heteroatoms. The third-order valence-corrected chi connectivity index (χ3v) is 4.74. The second kappa shape index (κ2) is 7.05. The van der Waals surface area contributed by atoms with E-state index in [1.165, 1.54) is 5.56 Å². The lowest BCUT2D eigenvalue weighted by Crippen LogP contribution is -2.34. The van der Waals surface area contributed by atoms with Gasteiger partial charge in [-0.1, -0.05) is 48.9 Å². The van der Waals surface area contributed by atoms with E-state index in [2.05, 4.69) is 12.2 Å². The Morgan fingerprint density at radius 2 is 1.96 bits per heavy atom. The monoisotopic (exact) mass is 328 g/mol. The molecule has 1 atom stereocenters. The van der Waals surface area contributed by atoms with Gasteiger partial charge in [0.25, 0.3) is 0 Å². The summed E-state index contributed by atoms with van der Waals surface area (Å²) in [5, 5.41) is 3.72. The van der Waals surface area contributed by atoms with E-state index in [1.807, 2.05) is 53.4 Å². The summed E-state index contributed by atoms with van der Waals surface area (Å²) in [5.41, 5.74) is 3.12. The number of nitrogens with one attached hydrogen (secondary N) is 1. The number of carbonyl (C=O) groups excluding carboxylic acids is 1. The average molecular weight is 329 g/mol. The van der Waals surface area contributed by atoms with Crippen LogP contribution in [0.5, 0.6) is 0 Å². The van der Waals surface area contributed by atoms with E-state index in [4.69, 9.17) is 11.6 Å². The number of hydrogen-bond acceptors (Lipinski definition) is 1. The number of nitrogens with zero attached hydrogens (tertiary/aromatic N) is 1. The number of rotatable bonds is 3. The van der Waals surface area contributed by atoms with Gasteiger partial charge in [-0.2, -0.15) is 0 Å². The Hall–Kier alpha value is -2.00. The first-order valence-electron chi connectivity index (χ1n) is 8.10. The van der Waals surface area contributed by atoms with Gasteiger partial charge in [-0.3, -0.25) is 0 Å². The van der Waals surface area contributed by atoms with Crippen LogP contribution < -0.4 is 5.32 Å². The molecule has 0 bridgehead atoms. The number of carbonyl (C=O) groups is 1. The molecule has 3 rings (SSSR count). The molecule has 0 aromatic heterocycles. The molecule has 1 N–H and O–H groups in total. The second-order valence-corrected chi connectivity index (χ2v) is 6.26. The number of urea groups is 1. The molecule has 0 aliphatic carbocycles. The Kier molecular flexibility index (Phi) is 4.87. The van der Waals surface area contributed by atoms with Crippen molar-refractivity contribution in [2.45, 2.75) is 32.2 Å². The van der Waals surface area contributed by atoms with Crippen molar-refractivity contribution in [1.29, 1.82) is 0 Å². The highest BCUT2D eigenvalue weighted by Gasteiger charge is 2.31. The van der Waals surface area contributed by atoms with E-state index in [0.717, 1.165) is 42.1 Å². The minimum Gasteiger partial charge on any atom is -0.317 e. The van der Waals surface area contributed by atoms with Crippen molar-refractivity contribution in [3.63, 3.8) is 0 Å². The van der Waals surface area contributed by atoms with Crippen molar-refractivity contribution in [3.8, 4) is 0 Å². The van der Waals surface area contributed by atoms with E-state index < -0.39 is 0 Å². The predicted octanol–water partition coefficient (Wildman–Crippen LogP) is 5.27. The van der Waals surface area contributed by atoms with Gasteiger partial charge in [0, 0.05) is 17.3 Å². The number of halogens is 1. The second-order valence-electron chi connectivity index (χ2n) is 5.85. The highest BCUT2D eigenvalue weighted by Crippen LogP contribution is 2.35. The van der Waals surface area contributed by atoms with E-state index in [9.17, 15) is 4.79 Å². The molecular weight excluding hydrogens is 308 g/mol. The lowest BCUT2D eigenvalue weighted by molar-refractivity contribution is 0.207. The number of hydrogen-bond donors (Lipinski definition) is 1. The molecule has 0 saturated carbocycles. The molecule has 23 heavy (non-hydrogen) atoms. The van der Waals surface area contributed by atoms with Crippen LogP contribution in [0, 0.1) is 0 Å². The summed E-state index contributed by atoms with van der Waals surface area (Å²) < 4.78 is 0. The molecule has 2 aromatic rings. The lowest BCUT2D eigenvalue weighted by atomic mass is 10.0. The Morgan fingerprint density at radius 3 is 2.65 bits per heavy atom. The maximum atomic E-state index is 12.6. The topological polar surface area (TPSA) is 32.3 Å². The molecule has 0 spiro atoms. The zero-order chi connectivity index (χ0) is 16.2. The SMILES string of the molecule is CCc1ccc(NC(=O)N2CCC[C@@H]2c2ccccc2Cl)cc1. The molecule has 120 valence electrons. The third-order valence-electron chi connectivity index (χ3n) is 4.39. The molecule has 2 aromatic carbocycles. The lowest BCUT2D eigenvalue weighted by Gasteiger charge is -2.26. The van der Waals surface area contributed by atoms with Crippen LogP contribution in [0.2, 0.25) is 5.02 Å². The Bertz CT molecular complexity index is 684. The summed E-state index contributed by atoms with van der Waals surface area (Å²) in [7, 11) is 0. The molecule has 1 fully saturated rings. The van der Waals surface area contributed by atoms with Gasteiger partial charge in [0.1, 0.15) is 0 Å². The van der Waals surface area contributed by atoms with Crippen LogP contribution >= 0.6 is 11.6 Å². The maximum Gasteiger partial charge on any atom is 0.322 e. The predicted molar refractivity (Wildman–Crippen MR) is 95.0 cm³/mol. The summed E-state index contributed by atoms with van der Waals surface area (Å²) >= 11 is 6.31. The van der Waals surface area contributed by atoms with Crippen LogP contribution in [0.3, 0.4) is 0 Å². The van der Waals surface area contributed by atoms with Gasteiger partial charge in [0.05, 0.1) is 6.04 Å². The highest BCUT2D eigenvalue weighted by molar-refractivity contribution is 6.31. The fraction of sp³-hybridized carbons (Fsp3) is 0.316. The summed E-state index contributed by atoms with van der Waals surface area (Å²) in [6.45, 7) is 2.88. The van der Waals surface area contributed by atoms with E-state index in [1.54, 1.807) is 0 Å². The zero-order valence-corrected chi connectivity index (χ0v) is 14.0. The van der Waals surface area contributed by atoms with E-state index >= 15 is 0 Å².